The maximum atomic E-state index is 12.1. The lowest BCUT2D eigenvalue weighted by Crippen LogP contribution is -2.28. The zero-order valence-corrected chi connectivity index (χ0v) is 13.7. The number of nitrogens with one attached hydrogen (secondary N) is 1. The average Bonchev–Trinajstić information content (AvgIpc) is 2.48. The second-order valence-electron chi connectivity index (χ2n) is 5.62. The highest BCUT2D eigenvalue weighted by atomic mass is 16.5. The standard InChI is InChI=1S/C19H23NO2/c1-13-7-5-6-8-17(13)19(21)20-9-10-22-18-12-15(3)14(2)11-16(18)4/h5-8,11-12H,9-10H2,1-4H3,(H,20,21). The van der Waals surface area contributed by atoms with Crippen molar-refractivity contribution in [2.24, 2.45) is 0 Å². The smallest absolute Gasteiger partial charge is 0.251 e. The van der Waals surface area contributed by atoms with Crippen LogP contribution >= 0.6 is 0 Å². The molecule has 3 heteroatoms. The molecule has 3 nitrogen and oxygen atoms in total. The molecule has 1 N–H and O–H groups in total. The van der Waals surface area contributed by atoms with Crippen molar-refractivity contribution in [1.29, 1.82) is 0 Å². The first-order valence-electron chi connectivity index (χ1n) is 7.53. The Hall–Kier alpha value is -2.29. The third-order valence-corrected chi connectivity index (χ3v) is 3.83. The van der Waals surface area contributed by atoms with E-state index in [2.05, 4.69) is 25.2 Å². The molecule has 2 aromatic rings. The fourth-order valence-corrected chi connectivity index (χ4v) is 2.34. The van der Waals surface area contributed by atoms with Gasteiger partial charge in [-0.1, -0.05) is 24.3 Å². The first-order valence-corrected chi connectivity index (χ1v) is 7.53. The van der Waals surface area contributed by atoms with Gasteiger partial charge >= 0.3 is 0 Å². The minimum atomic E-state index is -0.0569. The molecule has 0 aliphatic heterocycles. The van der Waals surface area contributed by atoms with Crippen LogP contribution in [-0.4, -0.2) is 19.1 Å². The highest BCUT2D eigenvalue weighted by Crippen LogP contribution is 2.22. The van der Waals surface area contributed by atoms with E-state index in [0.29, 0.717) is 18.7 Å². The largest absolute Gasteiger partial charge is 0.491 e. The summed E-state index contributed by atoms with van der Waals surface area (Å²) in [5.74, 6) is 0.826. The van der Waals surface area contributed by atoms with Crippen LogP contribution in [0.3, 0.4) is 0 Å². The molecule has 0 atom stereocenters. The molecule has 0 spiro atoms. The zero-order valence-electron chi connectivity index (χ0n) is 13.7. The fourth-order valence-electron chi connectivity index (χ4n) is 2.34. The fraction of sp³-hybridized carbons (Fsp3) is 0.316. The lowest BCUT2D eigenvalue weighted by molar-refractivity contribution is 0.0946. The molecule has 22 heavy (non-hydrogen) atoms. The van der Waals surface area contributed by atoms with E-state index in [0.717, 1.165) is 16.9 Å². The van der Waals surface area contributed by atoms with Crippen molar-refractivity contribution in [3.05, 3.63) is 64.2 Å². The molecule has 0 bridgehead atoms. The summed E-state index contributed by atoms with van der Waals surface area (Å²) in [4.78, 5) is 12.1. The molecule has 0 saturated heterocycles. The highest BCUT2D eigenvalue weighted by molar-refractivity contribution is 5.95. The van der Waals surface area contributed by atoms with Crippen molar-refractivity contribution in [2.75, 3.05) is 13.2 Å². The van der Waals surface area contributed by atoms with Gasteiger partial charge in [0, 0.05) is 5.56 Å². The number of benzene rings is 2. The maximum Gasteiger partial charge on any atom is 0.251 e. The number of carbonyl (C=O) groups excluding carboxylic acids is 1. The van der Waals surface area contributed by atoms with Crippen LogP contribution in [0.2, 0.25) is 0 Å². The van der Waals surface area contributed by atoms with Gasteiger partial charge in [-0.15, -0.1) is 0 Å². The van der Waals surface area contributed by atoms with Gasteiger partial charge in [-0.2, -0.15) is 0 Å². The quantitative estimate of drug-likeness (QED) is 0.854. The minimum Gasteiger partial charge on any atom is -0.491 e. The summed E-state index contributed by atoms with van der Waals surface area (Å²) in [6.45, 7) is 9.08. The molecule has 0 aromatic heterocycles. The number of ether oxygens (including phenoxy) is 1. The molecule has 0 heterocycles. The van der Waals surface area contributed by atoms with Crippen molar-refractivity contribution in [2.45, 2.75) is 27.7 Å². The molecule has 2 rings (SSSR count). The Morgan fingerprint density at radius 3 is 2.36 bits per heavy atom. The van der Waals surface area contributed by atoms with Crippen molar-refractivity contribution >= 4 is 5.91 Å². The van der Waals surface area contributed by atoms with Crippen molar-refractivity contribution in [3.63, 3.8) is 0 Å². The van der Waals surface area contributed by atoms with Crippen molar-refractivity contribution in [3.8, 4) is 5.75 Å². The molecule has 0 aliphatic carbocycles. The topological polar surface area (TPSA) is 38.3 Å². The monoisotopic (exact) mass is 297 g/mol. The van der Waals surface area contributed by atoms with Gasteiger partial charge in [0.25, 0.3) is 5.91 Å². The Morgan fingerprint density at radius 2 is 1.64 bits per heavy atom. The molecule has 2 aromatic carbocycles. The van der Waals surface area contributed by atoms with Crippen LogP contribution < -0.4 is 10.1 Å². The van der Waals surface area contributed by atoms with Crippen LogP contribution in [0.25, 0.3) is 0 Å². The summed E-state index contributed by atoms with van der Waals surface area (Å²) in [5.41, 5.74) is 5.28. The van der Waals surface area contributed by atoms with Gasteiger partial charge in [-0.25, -0.2) is 0 Å². The van der Waals surface area contributed by atoms with Crippen molar-refractivity contribution < 1.29 is 9.53 Å². The molecule has 116 valence electrons. The van der Waals surface area contributed by atoms with Crippen LogP contribution in [0.1, 0.15) is 32.6 Å². The normalized spacial score (nSPS) is 10.4. The van der Waals surface area contributed by atoms with Crippen LogP contribution in [0.4, 0.5) is 0 Å². The third kappa shape index (κ3) is 3.88. The third-order valence-electron chi connectivity index (χ3n) is 3.83. The Kier molecular flexibility index (Phi) is 5.21. The summed E-state index contributed by atoms with van der Waals surface area (Å²) >= 11 is 0. The number of hydrogen-bond donors (Lipinski definition) is 1. The number of amides is 1. The summed E-state index contributed by atoms with van der Waals surface area (Å²) < 4.78 is 5.77. The number of aryl methyl sites for hydroxylation is 4. The maximum absolute atomic E-state index is 12.1. The predicted octanol–water partition coefficient (Wildman–Crippen LogP) is 3.73. The molecule has 0 fully saturated rings. The molecule has 0 saturated carbocycles. The first kappa shape index (κ1) is 16.1. The van der Waals surface area contributed by atoms with Gasteiger partial charge in [0.2, 0.25) is 0 Å². The van der Waals surface area contributed by atoms with Crippen LogP contribution in [0.5, 0.6) is 5.75 Å². The van der Waals surface area contributed by atoms with Gasteiger partial charge in [0.15, 0.2) is 0 Å². The Balaban J connectivity index is 1.86. The molecular formula is C19H23NO2. The van der Waals surface area contributed by atoms with Gasteiger partial charge in [0.05, 0.1) is 6.54 Å². The molecule has 0 radical (unpaired) electrons. The molecule has 0 unspecified atom stereocenters. The van der Waals surface area contributed by atoms with E-state index in [9.17, 15) is 4.79 Å². The number of rotatable bonds is 5. The first-order chi connectivity index (χ1) is 10.5. The Morgan fingerprint density at radius 1 is 0.955 bits per heavy atom. The van der Waals surface area contributed by atoms with E-state index in [1.807, 2.05) is 44.2 Å². The van der Waals surface area contributed by atoms with Gasteiger partial charge in [-0.05, 0) is 62.1 Å². The van der Waals surface area contributed by atoms with Crippen LogP contribution in [-0.2, 0) is 0 Å². The summed E-state index contributed by atoms with van der Waals surface area (Å²) in [6.07, 6.45) is 0. The Bertz CT molecular complexity index is 677. The van der Waals surface area contributed by atoms with E-state index in [1.54, 1.807) is 0 Å². The summed E-state index contributed by atoms with van der Waals surface area (Å²) in [5, 5.41) is 2.89. The van der Waals surface area contributed by atoms with Gasteiger partial charge in [-0.3, -0.25) is 4.79 Å². The average molecular weight is 297 g/mol. The predicted molar refractivity (Wildman–Crippen MR) is 89.7 cm³/mol. The molecule has 0 aliphatic rings. The van der Waals surface area contributed by atoms with E-state index in [4.69, 9.17) is 4.74 Å². The SMILES string of the molecule is Cc1cc(C)c(OCCNC(=O)c2ccccc2C)cc1C. The van der Waals surface area contributed by atoms with Gasteiger partial charge < -0.3 is 10.1 Å². The minimum absolute atomic E-state index is 0.0569. The van der Waals surface area contributed by atoms with Gasteiger partial charge in [0.1, 0.15) is 12.4 Å². The lowest BCUT2D eigenvalue weighted by atomic mass is 10.1. The number of hydrogen-bond acceptors (Lipinski definition) is 2. The molecular weight excluding hydrogens is 274 g/mol. The summed E-state index contributed by atoms with van der Waals surface area (Å²) in [6, 6.07) is 11.7. The van der Waals surface area contributed by atoms with Crippen molar-refractivity contribution in [1.82, 2.24) is 5.32 Å². The van der Waals surface area contributed by atoms with E-state index < -0.39 is 0 Å². The van der Waals surface area contributed by atoms with E-state index in [-0.39, 0.29) is 5.91 Å². The molecule has 1 amide bonds. The number of carbonyl (C=O) groups is 1. The zero-order chi connectivity index (χ0) is 16.1. The second kappa shape index (κ2) is 7.12. The van der Waals surface area contributed by atoms with Crippen LogP contribution in [0, 0.1) is 27.7 Å². The Labute approximate surface area is 132 Å². The second-order valence-corrected chi connectivity index (χ2v) is 5.62. The van der Waals surface area contributed by atoms with E-state index in [1.165, 1.54) is 11.1 Å². The van der Waals surface area contributed by atoms with Crippen LogP contribution in [0.15, 0.2) is 36.4 Å². The van der Waals surface area contributed by atoms with E-state index >= 15 is 0 Å². The summed E-state index contributed by atoms with van der Waals surface area (Å²) in [7, 11) is 0. The lowest BCUT2D eigenvalue weighted by Gasteiger charge is -2.12. The highest BCUT2D eigenvalue weighted by Gasteiger charge is 2.07.